The molecule has 18 heavy (non-hydrogen) atoms. The fourth-order valence-corrected chi connectivity index (χ4v) is 1.17. The molecule has 0 aliphatic rings. The molecule has 0 aromatic carbocycles. The van der Waals surface area contributed by atoms with Crippen LogP contribution in [0.5, 0.6) is 0 Å². The fraction of sp³-hybridized carbons (Fsp3) is 0.462. The average Bonchev–Trinajstić information content (AvgIpc) is 2.27. The van der Waals surface area contributed by atoms with Crippen molar-refractivity contribution < 1.29 is 14.7 Å². The van der Waals surface area contributed by atoms with Crippen LogP contribution in [-0.2, 0) is 0 Å². The number of aromatic carboxylic acids is 1. The molecule has 5 nitrogen and oxygen atoms in total. The number of rotatable bonds is 3. The molecule has 1 aromatic heterocycles. The summed E-state index contributed by atoms with van der Waals surface area (Å²) in [4.78, 5) is 26.5. The van der Waals surface area contributed by atoms with Gasteiger partial charge < -0.3 is 10.4 Å². The van der Waals surface area contributed by atoms with E-state index < -0.39 is 5.97 Å². The fourth-order valence-electron chi connectivity index (χ4n) is 1.17. The summed E-state index contributed by atoms with van der Waals surface area (Å²) in [5, 5.41) is 11.6. The highest BCUT2D eigenvalue weighted by Gasteiger charge is 2.22. The number of hydrogen-bond donors (Lipinski definition) is 2. The number of carbonyl (C=O) groups is 2. The Hall–Kier alpha value is -1.91. The summed E-state index contributed by atoms with van der Waals surface area (Å²) in [7, 11) is 0. The van der Waals surface area contributed by atoms with Gasteiger partial charge in [0.1, 0.15) is 11.4 Å². The minimum Gasteiger partial charge on any atom is -0.477 e. The summed E-state index contributed by atoms with van der Waals surface area (Å²) in [6.07, 6.45) is 0. The first-order chi connectivity index (χ1) is 8.21. The minimum atomic E-state index is -1.14. The maximum atomic E-state index is 11.9. The Morgan fingerprint density at radius 2 is 1.83 bits per heavy atom. The van der Waals surface area contributed by atoms with Crippen LogP contribution in [0.1, 0.15) is 48.7 Å². The molecule has 1 unspecified atom stereocenters. The van der Waals surface area contributed by atoms with Gasteiger partial charge in [0.25, 0.3) is 5.91 Å². The Balaban J connectivity index is 2.85. The number of nitrogens with zero attached hydrogens (tertiary/aromatic N) is 1. The quantitative estimate of drug-likeness (QED) is 0.859. The van der Waals surface area contributed by atoms with Crippen molar-refractivity contribution in [1.82, 2.24) is 10.3 Å². The lowest BCUT2D eigenvalue weighted by atomic mass is 9.88. The van der Waals surface area contributed by atoms with Gasteiger partial charge in [-0.15, -0.1) is 0 Å². The van der Waals surface area contributed by atoms with Gasteiger partial charge in [0.05, 0.1) is 0 Å². The van der Waals surface area contributed by atoms with Crippen molar-refractivity contribution in [3.8, 4) is 0 Å². The van der Waals surface area contributed by atoms with E-state index in [4.69, 9.17) is 5.11 Å². The standard InChI is InChI=1S/C13H18N2O3/c1-8(13(2,3)4)14-11(16)9-6-5-7-10(15-9)12(17)18/h5-8H,1-4H3,(H,14,16)(H,17,18). The number of carbonyl (C=O) groups excluding carboxylic acids is 1. The molecular weight excluding hydrogens is 232 g/mol. The molecule has 1 atom stereocenters. The van der Waals surface area contributed by atoms with E-state index in [2.05, 4.69) is 10.3 Å². The first kappa shape index (κ1) is 14.2. The third kappa shape index (κ3) is 3.55. The topological polar surface area (TPSA) is 79.3 Å². The van der Waals surface area contributed by atoms with E-state index in [1.54, 1.807) is 0 Å². The van der Waals surface area contributed by atoms with E-state index in [1.807, 2.05) is 27.7 Å². The summed E-state index contributed by atoms with van der Waals surface area (Å²) in [5.74, 6) is -1.51. The molecule has 0 radical (unpaired) electrons. The molecule has 0 saturated heterocycles. The first-order valence-corrected chi connectivity index (χ1v) is 5.73. The lowest BCUT2D eigenvalue weighted by Gasteiger charge is -2.27. The molecule has 0 fully saturated rings. The Labute approximate surface area is 106 Å². The van der Waals surface area contributed by atoms with Crippen LogP contribution >= 0.6 is 0 Å². The van der Waals surface area contributed by atoms with E-state index >= 15 is 0 Å². The molecule has 0 saturated carbocycles. The normalized spacial score (nSPS) is 12.9. The molecule has 0 bridgehead atoms. The van der Waals surface area contributed by atoms with Crippen LogP contribution in [-0.4, -0.2) is 28.0 Å². The summed E-state index contributed by atoms with van der Waals surface area (Å²) in [6.45, 7) is 7.94. The van der Waals surface area contributed by atoms with Crippen molar-refractivity contribution in [2.75, 3.05) is 0 Å². The van der Waals surface area contributed by atoms with Gasteiger partial charge in [-0.1, -0.05) is 26.8 Å². The SMILES string of the molecule is CC(NC(=O)c1cccc(C(=O)O)n1)C(C)(C)C. The zero-order valence-corrected chi connectivity index (χ0v) is 11.0. The van der Waals surface area contributed by atoms with Crippen LogP contribution in [0.15, 0.2) is 18.2 Å². The largest absolute Gasteiger partial charge is 0.477 e. The summed E-state index contributed by atoms with van der Waals surface area (Å²) < 4.78 is 0. The number of carboxylic acid groups (broad SMARTS) is 1. The predicted octanol–water partition coefficient (Wildman–Crippen LogP) is 1.94. The number of nitrogens with one attached hydrogen (secondary N) is 1. The Morgan fingerprint density at radius 1 is 1.28 bits per heavy atom. The van der Waals surface area contributed by atoms with Crippen LogP contribution in [0.25, 0.3) is 0 Å². The van der Waals surface area contributed by atoms with Crippen LogP contribution in [0.4, 0.5) is 0 Å². The number of aromatic nitrogens is 1. The van der Waals surface area contributed by atoms with Gasteiger partial charge in [-0.2, -0.15) is 0 Å². The third-order valence-corrected chi connectivity index (χ3v) is 2.85. The summed E-state index contributed by atoms with van der Waals surface area (Å²) in [5.41, 5.74) is -0.0860. The smallest absolute Gasteiger partial charge is 0.354 e. The molecule has 0 spiro atoms. The van der Waals surface area contributed by atoms with Crippen molar-refractivity contribution >= 4 is 11.9 Å². The Kier molecular flexibility index (Phi) is 4.06. The lowest BCUT2D eigenvalue weighted by Crippen LogP contribution is -2.41. The number of pyridine rings is 1. The predicted molar refractivity (Wildman–Crippen MR) is 67.6 cm³/mol. The van der Waals surface area contributed by atoms with Gasteiger partial charge in [-0.05, 0) is 24.5 Å². The van der Waals surface area contributed by atoms with Crippen molar-refractivity contribution in [2.45, 2.75) is 33.7 Å². The Morgan fingerprint density at radius 3 is 2.33 bits per heavy atom. The van der Waals surface area contributed by atoms with Gasteiger partial charge in [-0.3, -0.25) is 4.79 Å². The molecule has 0 aliphatic carbocycles. The lowest BCUT2D eigenvalue weighted by molar-refractivity contribution is 0.0690. The maximum Gasteiger partial charge on any atom is 0.354 e. The first-order valence-electron chi connectivity index (χ1n) is 5.73. The summed E-state index contributed by atoms with van der Waals surface area (Å²) >= 11 is 0. The van der Waals surface area contributed by atoms with Crippen molar-refractivity contribution in [3.63, 3.8) is 0 Å². The maximum absolute atomic E-state index is 11.9. The second-order valence-electron chi connectivity index (χ2n) is 5.27. The zero-order valence-electron chi connectivity index (χ0n) is 11.0. The zero-order chi connectivity index (χ0) is 13.9. The van der Waals surface area contributed by atoms with E-state index in [9.17, 15) is 9.59 Å². The van der Waals surface area contributed by atoms with Crippen molar-refractivity contribution in [2.24, 2.45) is 5.41 Å². The number of amides is 1. The second kappa shape index (κ2) is 5.16. The number of hydrogen-bond acceptors (Lipinski definition) is 3. The van der Waals surface area contributed by atoms with Crippen LogP contribution in [0.2, 0.25) is 0 Å². The molecule has 98 valence electrons. The van der Waals surface area contributed by atoms with E-state index in [1.165, 1.54) is 18.2 Å². The third-order valence-electron chi connectivity index (χ3n) is 2.85. The Bertz CT molecular complexity index is 464. The second-order valence-corrected chi connectivity index (χ2v) is 5.27. The van der Waals surface area contributed by atoms with E-state index in [-0.39, 0.29) is 28.8 Å². The van der Waals surface area contributed by atoms with Crippen molar-refractivity contribution in [3.05, 3.63) is 29.6 Å². The number of carboxylic acids is 1. The molecular formula is C13H18N2O3. The van der Waals surface area contributed by atoms with Crippen LogP contribution in [0, 0.1) is 5.41 Å². The highest BCUT2D eigenvalue weighted by Crippen LogP contribution is 2.18. The average molecular weight is 250 g/mol. The molecule has 1 rings (SSSR count). The van der Waals surface area contributed by atoms with Crippen LogP contribution in [0.3, 0.4) is 0 Å². The van der Waals surface area contributed by atoms with Gasteiger partial charge in [0.15, 0.2) is 0 Å². The van der Waals surface area contributed by atoms with E-state index in [0.717, 1.165) is 0 Å². The molecule has 5 heteroatoms. The molecule has 0 aliphatic heterocycles. The monoisotopic (exact) mass is 250 g/mol. The molecule has 1 heterocycles. The molecule has 2 N–H and O–H groups in total. The molecule has 1 amide bonds. The van der Waals surface area contributed by atoms with Gasteiger partial charge in [-0.25, -0.2) is 9.78 Å². The van der Waals surface area contributed by atoms with Gasteiger partial charge in [0.2, 0.25) is 0 Å². The summed E-state index contributed by atoms with van der Waals surface area (Å²) in [6, 6.07) is 4.32. The highest BCUT2D eigenvalue weighted by molar-refractivity contribution is 5.94. The van der Waals surface area contributed by atoms with Gasteiger partial charge in [0, 0.05) is 6.04 Å². The highest BCUT2D eigenvalue weighted by atomic mass is 16.4. The minimum absolute atomic E-state index is 0.0414. The van der Waals surface area contributed by atoms with Gasteiger partial charge >= 0.3 is 5.97 Å². The van der Waals surface area contributed by atoms with Crippen LogP contribution < -0.4 is 5.32 Å². The van der Waals surface area contributed by atoms with E-state index in [0.29, 0.717) is 0 Å². The molecule has 1 aromatic rings. The van der Waals surface area contributed by atoms with Crippen molar-refractivity contribution in [1.29, 1.82) is 0 Å².